The summed E-state index contributed by atoms with van der Waals surface area (Å²) in [6, 6.07) is 14.3. The molecule has 0 bridgehead atoms. The molecule has 28 heavy (non-hydrogen) atoms. The summed E-state index contributed by atoms with van der Waals surface area (Å²) in [7, 11) is 1.69. The molecule has 0 aliphatic carbocycles. The van der Waals surface area contributed by atoms with Crippen LogP contribution in [0.2, 0.25) is 0 Å². The molecule has 1 aliphatic rings. The molecule has 0 unspecified atom stereocenters. The Morgan fingerprint density at radius 3 is 2.11 bits per heavy atom. The molecular formula is C20H23N5O3. The number of nitro benzene ring substituents is 1. The zero-order valence-electron chi connectivity index (χ0n) is 15.7. The van der Waals surface area contributed by atoms with Crippen LogP contribution in [-0.2, 0) is 17.9 Å². The second kappa shape index (κ2) is 8.98. The third kappa shape index (κ3) is 4.85. The van der Waals surface area contributed by atoms with Crippen LogP contribution in [0.15, 0.2) is 53.5 Å². The molecule has 1 saturated heterocycles. The summed E-state index contributed by atoms with van der Waals surface area (Å²) < 4.78 is 0. The van der Waals surface area contributed by atoms with Crippen molar-refractivity contribution in [2.45, 2.75) is 25.9 Å². The first kappa shape index (κ1) is 19.3. The van der Waals surface area contributed by atoms with E-state index < -0.39 is 4.92 Å². The van der Waals surface area contributed by atoms with Crippen molar-refractivity contribution in [1.29, 1.82) is 0 Å². The standard InChI is InChI=1S/C20H23N5O3/c1-21-20(23-14-16-6-10-18(11-7-16)25(27)28)22-13-15-4-8-17(9-5-15)24-12-2-3-19(24)26/h4-11H,2-3,12-14H2,1H3,(H2,21,22,23). The number of amides is 1. The van der Waals surface area contributed by atoms with Crippen molar-refractivity contribution in [2.24, 2.45) is 4.99 Å². The van der Waals surface area contributed by atoms with Gasteiger partial charge in [0.1, 0.15) is 0 Å². The summed E-state index contributed by atoms with van der Waals surface area (Å²) in [5.74, 6) is 0.818. The van der Waals surface area contributed by atoms with E-state index in [9.17, 15) is 14.9 Å². The van der Waals surface area contributed by atoms with Gasteiger partial charge in [-0.15, -0.1) is 0 Å². The Balaban J connectivity index is 1.49. The fraction of sp³-hybridized carbons (Fsp3) is 0.300. The Kier molecular flexibility index (Phi) is 6.21. The van der Waals surface area contributed by atoms with Crippen molar-refractivity contribution in [2.75, 3.05) is 18.5 Å². The summed E-state index contributed by atoms with van der Waals surface area (Å²) in [5.41, 5.74) is 3.01. The van der Waals surface area contributed by atoms with Crippen molar-refractivity contribution in [3.8, 4) is 0 Å². The quantitative estimate of drug-likeness (QED) is 0.347. The van der Waals surface area contributed by atoms with Gasteiger partial charge < -0.3 is 15.5 Å². The van der Waals surface area contributed by atoms with E-state index in [-0.39, 0.29) is 11.6 Å². The number of carbonyl (C=O) groups is 1. The predicted octanol–water partition coefficient (Wildman–Crippen LogP) is 2.59. The van der Waals surface area contributed by atoms with Crippen LogP contribution in [0.1, 0.15) is 24.0 Å². The average molecular weight is 381 g/mol. The van der Waals surface area contributed by atoms with Crippen molar-refractivity contribution >= 4 is 23.2 Å². The number of rotatable bonds is 6. The molecule has 146 valence electrons. The van der Waals surface area contributed by atoms with E-state index in [0.29, 0.717) is 25.5 Å². The van der Waals surface area contributed by atoms with E-state index in [1.807, 2.05) is 29.2 Å². The third-order valence-electron chi connectivity index (χ3n) is 4.61. The molecule has 0 saturated carbocycles. The van der Waals surface area contributed by atoms with Crippen LogP contribution in [0.25, 0.3) is 0 Å². The Labute approximate surface area is 163 Å². The Morgan fingerprint density at radius 2 is 1.64 bits per heavy atom. The van der Waals surface area contributed by atoms with Crippen LogP contribution in [0.4, 0.5) is 11.4 Å². The molecule has 3 rings (SSSR count). The summed E-state index contributed by atoms with van der Waals surface area (Å²) >= 11 is 0. The molecule has 1 amide bonds. The lowest BCUT2D eigenvalue weighted by molar-refractivity contribution is -0.384. The lowest BCUT2D eigenvalue weighted by Gasteiger charge is -2.16. The van der Waals surface area contributed by atoms with Gasteiger partial charge in [-0.05, 0) is 29.7 Å². The fourth-order valence-corrected chi connectivity index (χ4v) is 3.04. The van der Waals surface area contributed by atoms with Crippen LogP contribution in [0.3, 0.4) is 0 Å². The zero-order chi connectivity index (χ0) is 19.9. The number of hydrogen-bond acceptors (Lipinski definition) is 4. The second-order valence-electron chi connectivity index (χ2n) is 6.52. The highest BCUT2D eigenvalue weighted by atomic mass is 16.6. The van der Waals surface area contributed by atoms with E-state index in [1.54, 1.807) is 19.2 Å². The molecule has 0 spiro atoms. The monoisotopic (exact) mass is 381 g/mol. The summed E-state index contributed by atoms with van der Waals surface area (Å²) in [5, 5.41) is 17.1. The number of guanidine groups is 1. The normalized spacial score (nSPS) is 14.2. The second-order valence-corrected chi connectivity index (χ2v) is 6.52. The van der Waals surface area contributed by atoms with Gasteiger partial charge in [0, 0.05) is 50.9 Å². The first-order valence-corrected chi connectivity index (χ1v) is 9.14. The van der Waals surface area contributed by atoms with Gasteiger partial charge in [-0.1, -0.05) is 24.3 Å². The topological polar surface area (TPSA) is 99.9 Å². The van der Waals surface area contributed by atoms with Gasteiger partial charge in [-0.3, -0.25) is 19.9 Å². The van der Waals surface area contributed by atoms with E-state index >= 15 is 0 Å². The number of nitro groups is 1. The number of hydrogen-bond donors (Lipinski definition) is 2. The van der Waals surface area contributed by atoms with Gasteiger partial charge in [0.25, 0.3) is 5.69 Å². The van der Waals surface area contributed by atoms with Gasteiger partial charge in [0.15, 0.2) is 5.96 Å². The van der Waals surface area contributed by atoms with Gasteiger partial charge in [0.05, 0.1) is 4.92 Å². The zero-order valence-corrected chi connectivity index (χ0v) is 15.7. The molecule has 1 fully saturated rings. The van der Waals surface area contributed by atoms with E-state index in [4.69, 9.17) is 0 Å². The maximum atomic E-state index is 11.8. The number of nitrogens with zero attached hydrogens (tertiary/aromatic N) is 3. The Hall–Kier alpha value is -3.42. The highest BCUT2D eigenvalue weighted by molar-refractivity contribution is 5.95. The molecule has 2 aromatic rings. The van der Waals surface area contributed by atoms with Gasteiger partial charge in [0.2, 0.25) is 5.91 Å². The minimum Gasteiger partial charge on any atom is -0.352 e. The van der Waals surface area contributed by atoms with Crippen molar-refractivity contribution in [1.82, 2.24) is 10.6 Å². The van der Waals surface area contributed by atoms with Gasteiger partial charge in [-0.2, -0.15) is 0 Å². The number of aliphatic imine (C=N–C) groups is 1. The molecule has 8 nitrogen and oxygen atoms in total. The van der Waals surface area contributed by atoms with Crippen molar-refractivity contribution in [3.05, 3.63) is 69.8 Å². The Bertz CT molecular complexity index is 862. The highest BCUT2D eigenvalue weighted by Crippen LogP contribution is 2.21. The smallest absolute Gasteiger partial charge is 0.269 e. The maximum Gasteiger partial charge on any atom is 0.269 e. The van der Waals surface area contributed by atoms with E-state index in [2.05, 4.69) is 15.6 Å². The number of non-ortho nitro benzene ring substituents is 1. The molecular weight excluding hydrogens is 358 g/mol. The summed E-state index contributed by atoms with van der Waals surface area (Å²) in [6.07, 6.45) is 1.54. The average Bonchev–Trinajstić information content (AvgIpc) is 3.15. The number of anilines is 1. The van der Waals surface area contributed by atoms with Crippen LogP contribution < -0.4 is 15.5 Å². The van der Waals surface area contributed by atoms with E-state index in [1.165, 1.54) is 12.1 Å². The third-order valence-corrected chi connectivity index (χ3v) is 4.61. The molecule has 0 atom stereocenters. The largest absolute Gasteiger partial charge is 0.352 e. The SMILES string of the molecule is CN=C(NCc1ccc(N2CCCC2=O)cc1)NCc1ccc([N+](=O)[O-])cc1. The van der Waals surface area contributed by atoms with Crippen molar-refractivity contribution in [3.63, 3.8) is 0 Å². The lowest BCUT2D eigenvalue weighted by atomic mass is 10.2. The lowest BCUT2D eigenvalue weighted by Crippen LogP contribution is -2.36. The van der Waals surface area contributed by atoms with Gasteiger partial charge >= 0.3 is 0 Å². The minimum absolute atomic E-state index is 0.0744. The first-order chi connectivity index (χ1) is 13.6. The van der Waals surface area contributed by atoms with Gasteiger partial charge in [-0.25, -0.2) is 0 Å². The van der Waals surface area contributed by atoms with Crippen LogP contribution >= 0.6 is 0 Å². The highest BCUT2D eigenvalue weighted by Gasteiger charge is 2.21. The molecule has 2 N–H and O–H groups in total. The number of benzene rings is 2. The number of carbonyl (C=O) groups excluding carboxylic acids is 1. The minimum atomic E-state index is -0.414. The molecule has 1 aliphatic heterocycles. The molecule has 0 aromatic heterocycles. The molecule has 1 heterocycles. The molecule has 2 aromatic carbocycles. The first-order valence-electron chi connectivity index (χ1n) is 9.14. The number of nitrogens with one attached hydrogen (secondary N) is 2. The summed E-state index contributed by atoms with van der Waals surface area (Å²) in [6.45, 7) is 1.89. The Morgan fingerprint density at radius 1 is 1.07 bits per heavy atom. The van der Waals surface area contributed by atoms with Crippen LogP contribution in [-0.4, -0.2) is 30.4 Å². The summed E-state index contributed by atoms with van der Waals surface area (Å²) in [4.78, 5) is 28.1. The molecule has 0 radical (unpaired) electrons. The van der Waals surface area contributed by atoms with E-state index in [0.717, 1.165) is 29.8 Å². The van der Waals surface area contributed by atoms with Crippen molar-refractivity contribution < 1.29 is 9.72 Å². The maximum absolute atomic E-state index is 11.8. The van der Waals surface area contributed by atoms with Crippen LogP contribution in [0, 0.1) is 10.1 Å². The molecule has 8 heteroatoms. The van der Waals surface area contributed by atoms with Crippen LogP contribution in [0.5, 0.6) is 0 Å². The predicted molar refractivity (Wildman–Crippen MR) is 108 cm³/mol. The fourth-order valence-electron chi connectivity index (χ4n) is 3.04.